The fourth-order valence-electron chi connectivity index (χ4n) is 2.24. The number of piperidine rings is 1. The van der Waals surface area contributed by atoms with Gasteiger partial charge in [-0.3, -0.25) is 14.8 Å². The summed E-state index contributed by atoms with van der Waals surface area (Å²) in [7, 11) is 0. The number of H-pyrrole nitrogens is 3. The molecule has 4 N–H and O–H groups in total. The number of hydrogen-bond acceptors (Lipinski definition) is 4. The van der Waals surface area contributed by atoms with Gasteiger partial charge in [0.1, 0.15) is 11.3 Å². The molecule has 7 nitrogen and oxygen atoms in total. The maximum atomic E-state index is 11.5. The van der Waals surface area contributed by atoms with Gasteiger partial charge in [-0.05, 0) is 25.9 Å². The summed E-state index contributed by atoms with van der Waals surface area (Å²) >= 11 is 0. The van der Waals surface area contributed by atoms with E-state index < -0.39 is 11.2 Å². The van der Waals surface area contributed by atoms with E-state index in [4.69, 9.17) is 0 Å². The van der Waals surface area contributed by atoms with E-state index in [1.807, 2.05) is 0 Å². The van der Waals surface area contributed by atoms with Gasteiger partial charge >= 0.3 is 5.69 Å². The molecule has 1 aliphatic rings. The Kier molecular flexibility index (Phi) is 2.32. The van der Waals surface area contributed by atoms with E-state index in [9.17, 15) is 9.59 Å². The van der Waals surface area contributed by atoms with E-state index >= 15 is 0 Å². The normalized spacial score (nSPS) is 17.6. The van der Waals surface area contributed by atoms with Crippen LogP contribution in [0.1, 0.15) is 24.6 Å². The Balaban J connectivity index is 2.09. The van der Waals surface area contributed by atoms with Crippen LogP contribution in [-0.2, 0) is 0 Å². The van der Waals surface area contributed by atoms with Crippen molar-refractivity contribution in [1.29, 1.82) is 0 Å². The molecule has 3 rings (SSSR count). The minimum absolute atomic E-state index is 0.326. The molecule has 2 aromatic heterocycles. The van der Waals surface area contributed by atoms with Crippen LogP contribution in [0.2, 0.25) is 0 Å². The lowest BCUT2D eigenvalue weighted by atomic mass is 9.98. The molecular weight excluding hydrogens is 222 g/mol. The quantitative estimate of drug-likeness (QED) is 0.529. The maximum absolute atomic E-state index is 11.5. The zero-order valence-corrected chi connectivity index (χ0v) is 9.17. The second kappa shape index (κ2) is 3.85. The van der Waals surface area contributed by atoms with Gasteiger partial charge < -0.3 is 10.3 Å². The number of imidazole rings is 1. The topological polar surface area (TPSA) is 106 Å². The average molecular weight is 235 g/mol. The number of hydrogen-bond donors (Lipinski definition) is 4. The van der Waals surface area contributed by atoms with E-state index in [0.29, 0.717) is 17.1 Å². The molecule has 7 heteroatoms. The molecule has 0 radical (unpaired) electrons. The predicted octanol–water partition coefficient (Wildman–Crippen LogP) is -0.594. The Hall–Kier alpha value is -1.89. The number of aromatic nitrogens is 4. The monoisotopic (exact) mass is 235 g/mol. The van der Waals surface area contributed by atoms with E-state index in [2.05, 4.69) is 25.3 Å². The van der Waals surface area contributed by atoms with Crippen LogP contribution in [-0.4, -0.2) is 33.0 Å². The van der Waals surface area contributed by atoms with Crippen LogP contribution in [0.3, 0.4) is 0 Å². The summed E-state index contributed by atoms with van der Waals surface area (Å²) in [6.07, 6.45) is 1.98. The largest absolute Gasteiger partial charge is 0.336 e. The predicted molar refractivity (Wildman–Crippen MR) is 62.2 cm³/mol. The lowest BCUT2D eigenvalue weighted by molar-refractivity contribution is 0.448. The van der Waals surface area contributed by atoms with Crippen LogP contribution in [0.5, 0.6) is 0 Å². The summed E-state index contributed by atoms with van der Waals surface area (Å²) in [6, 6.07) is 0. The Bertz CT molecular complexity index is 646. The van der Waals surface area contributed by atoms with Gasteiger partial charge in [0.05, 0.1) is 0 Å². The van der Waals surface area contributed by atoms with Crippen molar-refractivity contribution >= 4 is 11.2 Å². The first-order valence-electron chi connectivity index (χ1n) is 5.67. The van der Waals surface area contributed by atoms with Gasteiger partial charge in [0, 0.05) is 5.92 Å². The number of nitrogens with one attached hydrogen (secondary N) is 4. The Morgan fingerprint density at radius 3 is 2.59 bits per heavy atom. The van der Waals surface area contributed by atoms with Crippen LogP contribution in [0, 0.1) is 0 Å². The van der Waals surface area contributed by atoms with E-state index in [0.717, 1.165) is 31.8 Å². The standard InChI is InChI=1S/C10H13N5O2/c16-9-6-8(14-10(17)15-9)13-7(12-6)5-1-3-11-4-2-5/h5,11H,1-4H2,(H3,12,13,14,15,16,17). The molecule has 0 amide bonds. The lowest BCUT2D eigenvalue weighted by Gasteiger charge is -2.20. The number of fused-ring (bicyclic) bond motifs is 1. The zero-order valence-electron chi connectivity index (χ0n) is 9.17. The molecule has 0 spiro atoms. The van der Waals surface area contributed by atoms with Gasteiger partial charge in [-0.1, -0.05) is 0 Å². The average Bonchev–Trinajstić information content (AvgIpc) is 2.74. The second-order valence-corrected chi connectivity index (χ2v) is 4.28. The maximum Gasteiger partial charge on any atom is 0.327 e. The van der Waals surface area contributed by atoms with Crippen molar-refractivity contribution in [3.63, 3.8) is 0 Å². The highest BCUT2D eigenvalue weighted by Crippen LogP contribution is 2.23. The molecule has 2 aromatic rings. The molecule has 3 heterocycles. The van der Waals surface area contributed by atoms with Gasteiger partial charge in [0.15, 0.2) is 5.65 Å². The van der Waals surface area contributed by atoms with E-state index in [1.165, 1.54) is 0 Å². The minimum Gasteiger partial charge on any atom is -0.336 e. The molecule has 0 aliphatic carbocycles. The number of aromatic amines is 3. The van der Waals surface area contributed by atoms with Crippen molar-refractivity contribution in [2.45, 2.75) is 18.8 Å². The number of nitrogens with zero attached hydrogens (tertiary/aromatic N) is 1. The van der Waals surface area contributed by atoms with Crippen LogP contribution >= 0.6 is 0 Å². The zero-order chi connectivity index (χ0) is 11.8. The number of rotatable bonds is 1. The molecule has 17 heavy (non-hydrogen) atoms. The molecular formula is C10H13N5O2. The third-order valence-corrected chi connectivity index (χ3v) is 3.13. The fourth-order valence-corrected chi connectivity index (χ4v) is 2.24. The fraction of sp³-hybridized carbons (Fsp3) is 0.500. The lowest BCUT2D eigenvalue weighted by Crippen LogP contribution is -2.27. The molecule has 0 bridgehead atoms. The molecule has 90 valence electrons. The van der Waals surface area contributed by atoms with Crippen molar-refractivity contribution in [1.82, 2.24) is 25.3 Å². The Labute approximate surface area is 95.7 Å². The van der Waals surface area contributed by atoms with Crippen molar-refractivity contribution in [2.75, 3.05) is 13.1 Å². The van der Waals surface area contributed by atoms with Crippen molar-refractivity contribution in [2.24, 2.45) is 0 Å². The summed E-state index contributed by atoms with van der Waals surface area (Å²) < 4.78 is 0. The van der Waals surface area contributed by atoms with Gasteiger partial charge in [-0.2, -0.15) is 0 Å². The summed E-state index contributed by atoms with van der Waals surface area (Å²) in [6.45, 7) is 1.91. The summed E-state index contributed by atoms with van der Waals surface area (Å²) in [4.78, 5) is 34.7. The third-order valence-electron chi connectivity index (χ3n) is 3.13. The molecule has 0 atom stereocenters. The highest BCUT2D eigenvalue weighted by molar-refractivity contribution is 5.68. The van der Waals surface area contributed by atoms with Crippen molar-refractivity contribution in [3.05, 3.63) is 26.7 Å². The SMILES string of the molecule is O=c1[nH]c(=O)c2[nH]c(C3CCNCC3)nc2[nH]1. The highest BCUT2D eigenvalue weighted by Gasteiger charge is 2.19. The second-order valence-electron chi connectivity index (χ2n) is 4.28. The van der Waals surface area contributed by atoms with E-state index in [1.54, 1.807) is 0 Å². The van der Waals surface area contributed by atoms with Crippen molar-refractivity contribution < 1.29 is 0 Å². The van der Waals surface area contributed by atoms with Gasteiger partial charge in [0.25, 0.3) is 5.56 Å². The van der Waals surface area contributed by atoms with Gasteiger partial charge in [-0.15, -0.1) is 0 Å². The Morgan fingerprint density at radius 2 is 1.82 bits per heavy atom. The molecule has 0 saturated carbocycles. The van der Waals surface area contributed by atoms with Crippen LogP contribution in [0.25, 0.3) is 11.2 Å². The molecule has 1 saturated heterocycles. The van der Waals surface area contributed by atoms with Gasteiger partial charge in [0.2, 0.25) is 0 Å². The summed E-state index contributed by atoms with van der Waals surface area (Å²) in [5, 5.41) is 3.27. The molecule has 1 aliphatic heterocycles. The van der Waals surface area contributed by atoms with Crippen molar-refractivity contribution in [3.8, 4) is 0 Å². The third kappa shape index (κ3) is 1.78. The summed E-state index contributed by atoms with van der Waals surface area (Å²) in [5.41, 5.74) is -0.257. The summed E-state index contributed by atoms with van der Waals surface area (Å²) in [5.74, 6) is 1.11. The minimum atomic E-state index is -0.522. The molecule has 1 fully saturated rings. The van der Waals surface area contributed by atoms with Crippen LogP contribution in [0.15, 0.2) is 9.59 Å². The van der Waals surface area contributed by atoms with E-state index in [-0.39, 0.29) is 0 Å². The molecule has 0 unspecified atom stereocenters. The highest BCUT2D eigenvalue weighted by atomic mass is 16.2. The first-order valence-corrected chi connectivity index (χ1v) is 5.67. The molecule has 0 aromatic carbocycles. The Morgan fingerprint density at radius 1 is 1.06 bits per heavy atom. The smallest absolute Gasteiger partial charge is 0.327 e. The van der Waals surface area contributed by atoms with Crippen LogP contribution in [0.4, 0.5) is 0 Å². The van der Waals surface area contributed by atoms with Gasteiger partial charge in [-0.25, -0.2) is 9.78 Å². The first-order chi connectivity index (χ1) is 8.24. The van der Waals surface area contributed by atoms with Crippen LogP contribution < -0.4 is 16.6 Å². The first kappa shape index (κ1) is 10.3.